The molecule has 1 N–H and O–H groups in total. The van der Waals surface area contributed by atoms with Gasteiger partial charge >= 0.3 is 0 Å². The van der Waals surface area contributed by atoms with Crippen molar-refractivity contribution in [2.75, 3.05) is 26.3 Å². The molecule has 2 fully saturated rings. The van der Waals surface area contributed by atoms with E-state index in [2.05, 4.69) is 42.3 Å². The van der Waals surface area contributed by atoms with Crippen LogP contribution in [0.5, 0.6) is 0 Å². The van der Waals surface area contributed by atoms with Crippen LogP contribution >= 0.6 is 12.4 Å². The summed E-state index contributed by atoms with van der Waals surface area (Å²) in [6.07, 6.45) is 2.71. The van der Waals surface area contributed by atoms with E-state index in [0.29, 0.717) is 13.0 Å². The van der Waals surface area contributed by atoms with Gasteiger partial charge < -0.3 is 15.0 Å². The number of amides is 1. The number of nitrogens with zero attached hydrogens (tertiary/aromatic N) is 1. The number of benzene rings is 1. The first-order valence-corrected chi connectivity index (χ1v) is 8.33. The molecule has 4 nitrogen and oxygen atoms in total. The third kappa shape index (κ3) is 4.06. The zero-order chi connectivity index (χ0) is 15.5. The minimum absolute atomic E-state index is 0. The molecule has 0 bridgehead atoms. The number of ether oxygens (including phenoxy) is 1. The number of carbonyl (C=O) groups is 1. The smallest absolute Gasteiger partial charge is 0.224 e. The summed E-state index contributed by atoms with van der Waals surface area (Å²) in [6.45, 7) is 7.43. The molecule has 2 atom stereocenters. The Bertz CT molecular complexity index is 544. The molecular formula is C18H27ClN2O2. The van der Waals surface area contributed by atoms with Crippen LogP contribution in [0.3, 0.4) is 0 Å². The van der Waals surface area contributed by atoms with Crippen LogP contribution in [0.1, 0.15) is 42.0 Å². The molecule has 2 unspecified atom stereocenters. The zero-order valence-electron chi connectivity index (χ0n) is 14.0. The molecule has 0 aromatic heterocycles. The molecule has 1 aromatic carbocycles. The first-order chi connectivity index (χ1) is 10.7. The molecule has 3 rings (SSSR count). The maximum Gasteiger partial charge on any atom is 0.224 e. The van der Waals surface area contributed by atoms with Crippen LogP contribution in [0.4, 0.5) is 0 Å². The second-order valence-corrected chi connectivity index (χ2v) is 6.46. The highest BCUT2D eigenvalue weighted by Crippen LogP contribution is 2.35. The number of carbonyl (C=O) groups excluding carboxylic acids is 1. The third-order valence-electron chi connectivity index (χ3n) is 5.00. The normalized spacial score (nSPS) is 24.3. The molecule has 2 aliphatic rings. The molecule has 0 saturated carbocycles. The second kappa shape index (κ2) is 8.13. The van der Waals surface area contributed by atoms with Crippen LogP contribution in [-0.2, 0) is 9.53 Å². The standard InChI is InChI=1S/C18H26N2O2.ClH/c1-13-5-3-6-16(14(13)2)17-7-4-9-20(17)18(21)11-15-12-22-10-8-19-15;/h3,5-6,15,17,19H,4,7-12H2,1-2H3;1H. The summed E-state index contributed by atoms with van der Waals surface area (Å²) < 4.78 is 5.46. The number of likely N-dealkylation sites (tertiary alicyclic amines) is 1. The van der Waals surface area contributed by atoms with Gasteiger partial charge in [0.2, 0.25) is 5.91 Å². The van der Waals surface area contributed by atoms with Crippen molar-refractivity contribution in [1.29, 1.82) is 0 Å². The molecule has 5 heteroatoms. The predicted molar refractivity (Wildman–Crippen MR) is 94.1 cm³/mol. The lowest BCUT2D eigenvalue weighted by molar-refractivity contribution is -0.133. The Hall–Kier alpha value is -1.10. The van der Waals surface area contributed by atoms with Crippen LogP contribution in [0, 0.1) is 13.8 Å². The molecule has 128 valence electrons. The Morgan fingerprint density at radius 3 is 2.96 bits per heavy atom. The molecule has 2 saturated heterocycles. The number of morpholine rings is 1. The van der Waals surface area contributed by atoms with E-state index < -0.39 is 0 Å². The lowest BCUT2D eigenvalue weighted by atomic mass is 9.95. The first kappa shape index (κ1) is 18.2. The summed E-state index contributed by atoms with van der Waals surface area (Å²) in [4.78, 5) is 14.8. The first-order valence-electron chi connectivity index (χ1n) is 8.33. The van der Waals surface area contributed by atoms with E-state index in [1.54, 1.807) is 0 Å². The zero-order valence-corrected chi connectivity index (χ0v) is 14.8. The monoisotopic (exact) mass is 338 g/mol. The molecule has 1 amide bonds. The molecular weight excluding hydrogens is 312 g/mol. The summed E-state index contributed by atoms with van der Waals surface area (Å²) in [5.74, 6) is 0.256. The van der Waals surface area contributed by atoms with Crippen molar-refractivity contribution in [1.82, 2.24) is 10.2 Å². The van der Waals surface area contributed by atoms with E-state index >= 15 is 0 Å². The van der Waals surface area contributed by atoms with Crippen molar-refractivity contribution in [2.24, 2.45) is 0 Å². The van der Waals surface area contributed by atoms with Gasteiger partial charge in [0.05, 0.1) is 19.3 Å². The van der Waals surface area contributed by atoms with E-state index in [0.717, 1.165) is 32.5 Å². The van der Waals surface area contributed by atoms with Crippen LogP contribution in [-0.4, -0.2) is 43.2 Å². The maximum atomic E-state index is 12.7. The Labute approximate surface area is 145 Å². The average Bonchev–Trinajstić information content (AvgIpc) is 3.00. The van der Waals surface area contributed by atoms with Crippen molar-refractivity contribution in [2.45, 2.75) is 45.2 Å². The van der Waals surface area contributed by atoms with Crippen molar-refractivity contribution >= 4 is 18.3 Å². The molecule has 1 aromatic rings. The number of halogens is 1. The van der Waals surface area contributed by atoms with E-state index in [4.69, 9.17) is 4.74 Å². The SMILES string of the molecule is Cc1cccc(C2CCCN2C(=O)CC2COCCN2)c1C.Cl. The second-order valence-electron chi connectivity index (χ2n) is 6.46. The van der Waals surface area contributed by atoms with Crippen LogP contribution in [0.15, 0.2) is 18.2 Å². The fraction of sp³-hybridized carbons (Fsp3) is 0.611. The quantitative estimate of drug-likeness (QED) is 0.921. The van der Waals surface area contributed by atoms with Gasteiger partial charge in [-0.3, -0.25) is 4.79 Å². The third-order valence-corrected chi connectivity index (χ3v) is 5.00. The Balaban J connectivity index is 0.00000192. The van der Waals surface area contributed by atoms with Crippen molar-refractivity contribution in [3.63, 3.8) is 0 Å². The minimum Gasteiger partial charge on any atom is -0.378 e. The van der Waals surface area contributed by atoms with Crippen molar-refractivity contribution in [3.05, 3.63) is 34.9 Å². The highest BCUT2D eigenvalue weighted by atomic mass is 35.5. The van der Waals surface area contributed by atoms with Crippen molar-refractivity contribution in [3.8, 4) is 0 Å². The van der Waals surface area contributed by atoms with E-state index in [1.807, 2.05) is 0 Å². The summed E-state index contributed by atoms with van der Waals surface area (Å²) in [5.41, 5.74) is 3.95. The fourth-order valence-corrected chi connectivity index (χ4v) is 3.60. The number of aryl methyl sites for hydroxylation is 1. The fourth-order valence-electron chi connectivity index (χ4n) is 3.60. The number of hydrogen-bond acceptors (Lipinski definition) is 3. The van der Waals surface area contributed by atoms with Gasteiger partial charge in [-0.1, -0.05) is 18.2 Å². The van der Waals surface area contributed by atoms with Gasteiger partial charge in [-0.2, -0.15) is 0 Å². The van der Waals surface area contributed by atoms with Gasteiger partial charge in [0.25, 0.3) is 0 Å². The highest BCUT2D eigenvalue weighted by molar-refractivity contribution is 5.85. The number of rotatable bonds is 3. The maximum absolute atomic E-state index is 12.7. The molecule has 0 spiro atoms. The van der Waals surface area contributed by atoms with Crippen LogP contribution < -0.4 is 5.32 Å². The average molecular weight is 339 g/mol. The Morgan fingerprint density at radius 1 is 1.39 bits per heavy atom. The topological polar surface area (TPSA) is 41.6 Å². The van der Waals surface area contributed by atoms with Crippen molar-refractivity contribution < 1.29 is 9.53 Å². The lowest BCUT2D eigenvalue weighted by Crippen LogP contribution is -2.45. The van der Waals surface area contributed by atoms with Crippen LogP contribution in [0.2, 0.25) is 0 Å². The molecule has 2 aliphatic heterocycles. The summed E-state index contributed by atoms with van der Waals surface area (Å²) in [5, 5.41) is 3.38. The molecule has 0 radical (unpaired) electrons. The van der Waals surface area contributed by atoms with E-state index in [-0.39, 0.29) is 30.4 Å². The lowest BCUT2D eigenvalue weighted by Gasteiger charge is -2.30. The predicted octanol–water partition coefficient (Wildman–Crippen LogP) is 2.77. The van der Waals surface area contributed by atoms with E-state index in [1.165, 1.54) is 16.7 Å². The van der Waals surface area contributed by atoms with Gasteiger partial charge in [-0.25, -0.2) is 0 Å². The van der Waals surface area contributed by atoms with E-state index in [9.17, 15) is 4.79 Å². The van der Waals surface area contributed by atoms with Crippen LogP contribution in [0.25, 0.3) is 0 Å². The summed E-state index contributed by atoms with van der Waals surface area (Å²) in [7, 11) is 0. The molecule has 0 aliphatic carbocycles. The summed E-state index contributed by atoms with van der Waals surface area (Å²) >= 11 is 0. The largest absolute Gasteiger partial charge is 0.378 e. The van der Waals surface area contributed by atoms with Gasteiger partial charge in [0, 0.05) is 25.6 Å². The Kier molecular flexibility index (Phi) is 6.45. The van der Waals surface area contributed by atoms with Gasteiger partial charge in [-0.15, -0.1) is 12.4 Å². The minimum atomic E-state index is 0. The highest BCUT2D eigenvalue weighted by Gasteiger charge is 2.32. The molecule has 23 heavy (non-hydrogen) atoms. The Morgan fingerprint density at radius 2 is 2.22 bits per heavy atom. The molecule has 2 heterocycles. The van der Waals surface area contributed by atoms with Gasteiger partial charge in [0.1, 0.15) is 0 Å². The number of hydrogen-bond donors (Lipinski definition) is 1. The van der Waals surface area contributed by atoms with Gasteiger partial charge in [0.15, 0.2) is 0 Å². The van der Waals surface area contributed by atoms with Gasteiger partial charge in [-0.05, 0) is 43.4 Å². The number of nitrogens with one attached hydrogen (secondary N) is 1. The summed E-state index contributed by atoms with van der Waals surface area (Å²) in [6, 6.07) is 6.84.